The van der Waals surface area contributed by atoms with Gasteiger partial charge in [-0.15, -0.1) is 11.3 Å². The molecule has 5 heteroatoms. The van der Waals surface area contributed by atoms with Gasteiger partial charge in [0.15, 0.2) is 17.5 Å². The maximum absolute atomic E-state index is 6.21. The minimum Gasteiger partial charge on any atom is -0.456 e. The fraction of sp³-hybridized carbons (Fsp3) is 0. The predicted molar refractivity (Wildman–Crippen MR) is 191 cm³/mol. The normalized spacial score (nSPS) is 11.9. The molecule has 0 amide bonds. The number of hydrogen-bond donors (Lipinski definition) is 0. The van der Waals surface area contributed by atoms with Gasteiger partial charge >= 0.3 is 0 Å². The van der Waals surface area contributed by atoms with Gasteiger partial charge in [-0.1, -0.05) is 91.0 Å². The topological polar surface area (TPSA) is 51.8 Å². The van der Waals surface area contributed by atoms with Crippen LogP contribution in [-0.2, 0) is 0 Å². The molecule has 3 aromatic heterocycles. The zero-order chi connectivity index (χ0) is 30.2. The van der Waals surface area contributed by atoms with Crippen molar-refractivity contribution in [2.45, 2.75) is 0 Å². The Morgan fingerprint density at radius 3 is 2.00 bits per heavy atom. The number of benzene rings is 7. The van der Waals surface area contributed by atoms with Crippen molar-refractivity contribution < 1.29 is 4.42 Å². The Morgan fingerprint density at radius 1 is 0.391 bits per heavy atom. The molecule has 0 spiro atoms. The van der Waals surface area contributed by atoms with Gasteiger partial charge in [0.25, 0.3) is 0 Å². The summed E-state index contributed by atoms with van der Waals surface area (Å²) in [6, 6.07) is 48.7. The first-order valence-corrected chi connectivity index (χ1v) is 16.1. The second-order valence-electron chi connectivity index (χ2n) is 11.7. The summed E-state index contributed by atoms with van der Waals surface area (Å²) in [5.74, 6) is 1.94. The molecule has 10 rings (SSSR count). The lowest BCUT2D eigenvalue weighted by Crippen LogP contribution is -2.00. The first kappa shape index (κ1) is 25.4. The van der Waals surface area contributed by atoms with Gasteiger partial charge in [-0.2, -0.15) is 0 Å². The number of aromatic nitrogens is 3. The van der Waals surface area contributed by atoms with Crippen molar-refractivity contribution >= 4 is 75.0 Å². The summed E-state index contributed by atoms with van der Waals surface area (Å²) >= 11 is 1.81. The van der Waals surface area contributed by atoms with Crippen LogP contribution in [0.25, 0.3) is 97.8 Å². The molecule has 0 aliphatic heterocycles. The zero-order valence-corrected chi connectivity index (χ0v) is 25.3. The van der Waals surface area contributed by atoms with Gasteiger partial charge in [0.2, 0.25) is 0 Å². The van der Waals surface area contributed by atoms with E-state index < -0.39 is 0 Å². The number of hydrogen-bond acceptors (Lipinski definition) is 5. The summed E-state index contributed by atoms with van der Waals surface area (Å²) in [5.41, 5.74) is 4.62. The predicted octanol–water partition coefficient (Wildman–Crippen LogP) is 11.4. The lowest BCUT2D eigenvalue weighted by Gasteiger charge is -2.11. The molecule has 3 heterocycles. The average Bonchev–Trinajstić information content (AvgIpc) is 3.67. The minimum atomic E-state index is 0.640. The molecule has 0 saturated carbocycles. The van der Waals surface area contributed by atoms with E-state index in [-0.39, 0.29) is 0 Å². The molecule has 4 nitrogen and oxygen atoms in total. The van der Waals surface area contributed by atoms with Crippen LogP contribution in [-0.4, -0.2) is 15.0 Å². The highest BCUT2D eigenvalue weighted by Crippen LogP contribution is 2.38. The number of thiophene rings is 1. The molecule has 0 N–H and O–H groups in total. The van der Waals surface area contributed by atoms with Crippen LogP contribution in [0.5, 0.6) is 0 Å². The molecular formula is C41H23N3OS. The lowest BCUT2D eigenvalue weighted by atomic mass is 10.0. The van der Waals surface area contributed by atoms with Crippen molar-refractivity contribution in [3.8, 4) is 34.2 Å². The van der Waals surface area contributed by atoms with Crippen LogP contribution < -0.4 is 0 Å². The van der Waals surface area contributed by atoms with E-state index in [9.17, 15) is 0 Å². The van der Waals surface area contributed by atoms with E-state index in [1.54, 1.807) is 0 Å². The fourth-order valence-corrected chi connectivity index (χ4v) is 7.73. The maximum atomic E-state index is 6.21. The van der Waals surface area contributed by atoms with Crippen LogP contribution in [0, 0.1) is 0 Å². The first-order chi connectivity index (χ1) is 22.7. The number of furan rings is 1. The van der Waals surface area contributed by atoms with E-state index >= 15 is 0 Å². The Balaban J connectivity index is 1.23. The van der Waals surface area contributed by atoms with E-state index in [1.165, 1.54) is 25.6 Å². The molecule has 0 saturated heterocycles. The van der Waals surface area contributed by atoms with Crippen molar-refractivity contribution in [3.63, 3.8) is 0 Å². The summed E-state index contributed by atoms with van der Waals surface area (Å²) in [6.07, 6.45) is 0. The van der Waals surface area contributed by atoms with Crippen molar-refractivity contribution in [1.82, 2.24) is 15.0 Å². The van der Waals surface area contributed by atoms with Crippen LogP contribution in [0.4, 0.5) is 0 Å². The summed E-state index contributed by atoms with van der Waals surface area (Å²) in [7, 11) is 0. The van der Waals surface area contributed by atoms with Crippen LogP contribution in [0.15, 0.2) is 144 Å². The van der Waals surface area contributed by atoms with Crippen molar-refractivity contribution in [2.24, 2.45) is 0 Å². The number of para-hydroxylation sites is 1. The van der Waals surface area contributed by atoms with Gasteiger partial charge in [-0.05, 0) is 70.1 Å². The third-order valence-corrected chi connectivity index (χ3v) is 10.0. The van der Waals surface area contributed by atoms with Crippen molar-refractivity contribution in [1.29, 1.82) is 0 Å². The Morgan fingerprint density at radius 2 is 1.09 bits per heavy atom. The van der Waals surface area contributed by atoms with E-state index in [0.717, 1.165) is 54.8 Å². The second-order valence-corrected chi connectivity index (χ2v) is 12.7. The Hall–Kier alpha value is -5.91. The molecule has 0 unspecified atom stereocenters. The summed E-state index contributed by atoms with van der Waals surface area (Å²) in [4.78, 5) is 15.4. The van der Waals surface area contributed by atoms with Crippen molar-refractivity contribution in [2.75, 3.05) is 0 Å². The summed E-state index contributed by atoms with van der Waals surface area (Å²) in [6.45, 7) is 0. The molecule has 214 valence electrons. The molecule has 0 fully saturated rings. The molecule has 0 atom stereocenters. The Labute approximate surface area is 267 Å². The first-order valence-electron chi connectivity index (χ1n) is 15.3. The highest BCUT2D eigenvalue weighted by molar-refractivity contribution is 7.25. The Kier molecular flexibility index (Phi) is 5.41. The molecule has 0 radical (unpaired) electrons. The van der Waals surface area contributed by atoms with E-state index in [2.05, 4.69) is 127 Å². The lowest BCUT2D eigenvalue weighted by molar-refractivity contribution is 0.669. The smallest absolute Gasteiger partial charge is 0.164 e. The molecule has 46 heavy (non-hydrogen) atoms. The quantitative estimate of drug-likeness (QED) is 0.201. The maximum Gasteiger partial charge on any atom is 0.164 e. The largest absolute Gasteiger partial charge is 0.456 e. The van der Waals surface area contributed by atoms with Crippen LogP contribution in [0.2, 0.25) is 0 Å². The van der Waals surface area contributed by atoms with Gasteiger partial charge < -0.3 is 4.42 Å². The fourth-order valence-electron chi connectivity index (χ4n) is 6.64. The van der Waals surface area contributed by atoms with E-state index in [4.69, 9.17) is 19.4 Å². The summed E-state index contributed by atoms with van der Waals surface area (Å²) < 4.78 is 8.74. The van der Waals surface area contributed by atoms with Crippen LogP contribution >= 0.6 is 11.3 Å². The van der Waals surface area contributed by atoms with Crippen LogP contribution in [0.3, 0.4) is 0 Å². The number of fused-ring (bicyclic) bond motifs is 8. The molecule has 7 aromatic carbocycles. The molecule has 0 aliphatic carbocycles. The second kappa shape index (κ2) is 9.80. The summed E-state index contributed by atoms with van der Waals surface area (Å²) in [5, 5.41) is 9.11. The molecule has 10 aromatic rings. The van der Waals surface area contributed by atoms with E-state index in [0.29, 0.717) is 17.5 Å². The van der Waals surface area contributed by atoms with Crippen molar-refractivity contribution in [3.05, 3.63) is 140 Å². The SMILES string of the molecule is c1ccc2cc(-c3nc(-c4ccc5sc6ccccc6c5c4)nc(-c4cccc5cc6oc7ccccc7c6cc45)n3)ccc2c1. The number of rotatable bonds is 3. The standard InChI is InChI=1S/C41H23N3OS/c1-2-9-25-20-27(17-16-24(25)8-1)39-42-40(28-18-19-38-34(21-28)30-12-4-6-15-37(30)46-38)44-41(43-39)31-13-7-10-26-22-36-33(23-32(26)31)29-11-3-5-14-35(29)45-36/h1-23H. The average molecular weight is 606 g/mol. The van der Waals surface area contributed by atoms with Gasteiger partial charge in [0.05, 0.1) is 0 Å². The molecular weight excluding hydrogens is 583 g/mol. The highest BCUT2D eigenvalue weighted by atomic mass is 32.1. The van der Waals surface area contributed by atoms with Gasteiger partial charge in [-0.3, -0.25) is 0 Å². The molecule has 0 aliphatic rings. The minimum absolute atomic E-state index is 0.640. The monoisotopic (exact) mass is 605 g/mol. The van der Waals surface area contributed by atoms with Crippen LogP contribution in [0.1, 0.15) is 0 Å². The molecule has 0 bridgehead atoms. The number of nitrogens with zero attached hydrogens (tertiary/aromatic N) is 3. The Bertz CT molecular complexity index is 2830. The van der Waals surface area contributed by atoms with Gasteiger partial charge in [-0.25, -0.2) is 15.0 Å². The zero-order valence-electron chi connectivity index (χ0n) is 24.4. The third kappa shape index (κ3) is 3.96. The highest BCUT2D eigenvalue weighted by Gasteiger charge is 2.17. The van der Waals surface area contributed by atoms with Gasteiger partial charge in [0.1, 0.15) is 11.2 Å². The van der Waals surface area contributed by atoms with Gasteiger partial charge in [0, 0.05) is 47.6 Å². The third-order valence-electron chi connectivity index (χ3n) is 8.90. The van der Waals surface area contributed by atoms with E-state index in [1.807, 2.05) is 23.5 Å².